The Bertz CT molecular complexity index is 1660. The summed E-state index contributed by atoms with van der Waals surface area (Å²) in [7, 11) is 0. The Hall–Kier alpha value is -6.47. The number of carboxylic acid groups (broad SMARTS) is 5. The second-order valence-electron chi connectivity index (χ2n) is 12.3. The lowest BCUT2D eigenvalue weighted by atomic mass is 9.85. The Kier molecular flexibility index (Phi) is 18.9. The molecule has 1 aromatic heterocycles. The van der Waals surface area contributed by atoms with Gasteiger partial charge in [0, 0.05) is 37.8 Å². The molecule has 4 amide bonds. The molecule has 0 unspecified atom stereocenters. The van der Waals surface area contributed by atoms with E-state index < -0.39 is 110 Å². The molecular weight excluding hydrogens is 732 g/mol. The van der Waals surface area contributed by atoms with Crippen molar-refractivity contribution in [1.29, 1.82) is 0 Å². The minimum atomic E-state index is -1.64. The lowest BCUT2D eigenvalue weighted by Crippen LogP contribution is -2.44. The van der Waals surface area contributed by atoms with Gasteiger partial charge in [0.2, 0.25) is 24.1 Å². The first-order valence-electron chi connectivity index (χ1n) is 17.0. The number of aliphatic carboxylic acids is 5. The fourth-order valence-corrected chi connectivity index (χ4v) is 5.25. The van der Waals surface area contributed by atoms with Crippen LogP contribution in [0.5, 0.6) is 5.75 Å². The summed E-state index contributed by atoms with van der Waals surface area (Å²) in [6.07, 6.45) is -1.31. The summed E-state index contributed by atoms with van der Waals surface area (Å²) in [5.41, 5.74) is 1.66. The van der Waals surface area contributed by atoms with Gasteiger partial charge >= 0.3 is 29.8 Å². The maximum atomic E-state index is 12.5. The third-order valence-electron chi connectivity index (χ3n) is 8.19. The van der Waals surface area contributed by atoms with Gasteiger partial charge in [0.15, 0.2) is 0 Å². The molecule has 300 valence electrons. The molecule has 0 saturated heterocycles. The summed E-state index contributed by atoms with van der Waals surface area (Å²) in [6.45, 7) is 0.746. The minimum absolute atomic E-state index is 0.236. The van der Waals surface area contributed by atoms with E-state index in [1.807, 2.05) is 12.1 Å². The van der Waals surface area contributed by atoms with Gasteiger partial charge in [-0.1, -0.05) is 12.1 Å². The van der Waals surface area contributed by atoms with Crippen LogP contribution in [0.2, 0.25) is 0 Å². The Balaban J connectivity index is 1.76. The van der Waals surface area contributed by atoms with Gasteiger partial charge in [-0.05, 0) is 55.9 Å². The Morgan fingerprint density at radius 1 is 0.673 bits per heavy atom. The van der Waals surface area contributed by atoms with Crippen molar-refractivity contribution in [1.82, 2.24) is 21.3 Å². The molecule has 0 fully saturated rings. The number of ether oxygens (including phenoxy) is 1. The molecular formula is C35H44N4O16. The van der Waals surface area contributed by atoms with E-state index in [0.29, 0.717) is 24.3 Å². The SMILES string of the molecule is O=CNCc1cc(COc2ccc(CCNC(=O)CC[C@H](NC(=O)CC[C@H](NC(=O)CC[C@H](C(=O)O)[C@@H](CCC(=O)O)C(=O)O)C(=O)O)C(=O)O)cc2)co1. The molecule has 0 aliphatic heterocycles. The molecule has 0 saturated carbocycles. The zero-order valence-corrected chi connectivity index (χ0v) is 29.6. The van der Waals surface area contributed by atoms with Crippen molar-refractivity contribution >= 4 is 54.0 Å². The third-order valence-corrected chi connectivity index (χ3v) is 8.19. The molecule has 0 bridgehead atoms. The smallest absolute Gasteiger partial charge is 0.326 e. The average molecular weight is 777 g/mol. The predicted molar refractivity (Wildman–Crippen MR) is 185 cm³/mol. The van der Waals surface area contributed by atoms with Crippen LogP contribution in [0.4, 0.5) is 0 Å². The highest BCUT2D eigenvalue weighted by atomic mass is 16.5. The van der Waals surface area contributed by atoms with Gasteiger partial charge in [-0.2, -0.15) is 0 Å². The fourth-order valence-electron chi connectivity index (χ4n) is 5.25. The number of carbonyl (C=O) groups excluding carboxylic acids is 4. The van der Waals surface area contributed by atoms with Crippen LogP contribution < -0.4 is 26.0 Å². The van der Waals surface area contributed by atoms with Crippen LogP contribution in [-0.2, 0) is 62.7 Å². The van der Waals surface area contributed by atoms with E-state index in [9.17, 15) is 63.6 Å². The number of furan rings is 1. The minimum Gasteiger partial charge on any atom is -0.489 e. The predicted octanol–water partition coefficient (Wildman–Crippen LogP) is 0.509. The molecule has 55 heavy (non-hydrogen) atoms. The van der Waals surface area contributed by atoms with Crippen LogP contribution in [0.1, 0.15) is 68.3 Å². The molecule has 20 heteroatoms. The van der Waals surface area contributed by atoms with E-state index in [1.54, 1.807) is 18.2 Å². The summed E-state index contributed by atoms with van der Waals surface area (Å²) in [5.74, 6) is -11.9. The number of amides is 4. The Labute approximate surface area is 313 Å². The maximum absolute atomic E-state index is 12.5. The molecule has 0 aliphatic rings. The molecule has 0 spiro atoms. The van der Waals surface area contributed by atoms with Crippen molar-refractivity contribution in [3.8, 4) is 5.75 Å². The maximum Gasteiger partial charge on any atom is 0.326 e. The zero-order chi connectivity index (χ0) is 40.9. The van der Waals surface area contributed by atoms with Gasteiger partial charge in [0.05, 0.1) is 24.6 Å². The lowest BCUT2D eigenvalue weighted by Gasteiger charge is -2.20. The van der Waals surface area contributed by atoms with Crippen molar-refractivity contribution in [2.45, 2.75) is 83.0 Å². The van der Waals surface area contributed by atoms with Crippen molar-refractivity contribution in [2.24, 2.45) is 11.8 Å². The van der Waals surface area contributed by atoms with Crippen LogP contribution in [0.15, 0.2) is 41.0 Å². The second kappa shape index (κ2) is 23.2. The number of hydrogen-bond donors (Lipinski definition) is 9. The number of carbonyl (C=O) groups is 9. The van der Waals surface area contributed by atoms with Crippen molar-refractivity contribution in [3.05, 3.63) is 53.5 Å². The van der Waals surface area contributed by atoms with Crippen molar-refractivity contribution in [3.63, 3.8) is 0 Å². The molecule has 2 aromatic rings. The first-order chi connectivity index (χ1) is 26.1. The summed E-state index contributed by atoms with van der Waals surface area (Å²) < 4.78 is 11.0. The fraction of sp³-hybridized carbons (Fsp3) is 0.457. The van der Waals surface area contributed by atoms with Crippen molar-refractivity contribution < 1.29 is 77.8 Å². The topological polar surface area (TPSA) is 325 Å². The summed E-state index contributed by atoms with van der Waals surface area (Å²) in [4.78, 5) is 105. The van der Waals surface area contributed by atoms with E-state index in [0.717, 1.165) is 11.1 Å². The van der Waals surface area contributed by atoms with Crippen molar-refractivity contribution in [2.75, 3.05) is 6.54 Å². The van der Waals surface area contributed by atoms with Gasteiger partial charge in [-0.3, -0.25) is 33.6 Å². The summed E-state index contributed by atoms with van der Waals surface area (Å²) in [5, 5.41) is 56.2. The monoisotopic (exact) mass is 776 g/mol. The van der Waals surface area contributed by atoms with Gasteiger partial charge in [0.1, 0.15) is 30.2 Å². The number of benzene rings is 1. The van der Waals surface area contributed by atoms with E-state index in [-0.39, 0.29) is 32.5 Å². The molecule has 20 nitrogen and oxygen atoms in total. The molecule has 2 rings (SSSR count). The lowest BCUT2D eigenvalue weighted by molar-refractivity contribution is -0.155. The Morgan fingerprint density at radius 2 is 1.20 bits per heavy atom. The van der Waals surface area contributed by atoms with Crippen LogP contribution in [0, 0.1) is 11.8 Å². The standard InChI is InChI=1S/C35H44N4O16/c40-19-36-16-23-15-21(18-55-23)17-54-22-3-1-20(2-4-22)13-14-37-28(41)10-7-26(34(50)51)39-30(43)11-8-27(35(52)53)38-29(42)9-5-24(32(46)47)25(33(48)49)6-12-31(44)45/h1-4,15,18-19,24-27H,5-14,16-17H2,(H,36,40)(H,37,41)(H,38,42)(H,39,43)(H,44,45)(H,46,47)(H,48,49)(H,50,51)(H,52,53)/t24-,25+,26-,27-/m0/s1. The molecule has 1 aromatic carbocycles. The summed E-state index contributed by atoms with van der Waals surface area (Å²) in [6, 6.07) is 5.76. The number of carboxylic acids is 5. The van der Waals surface area contributed by atoms with E-state index >= 15 is 0 Å². The van der Waals surface area contributed by atoms with E-state index in [4.69, 9.17) is 14.3 Å². The quantitative estimate of drug-likeness (QED) is 0.0532. The third kappa shape index (κ3) is 17.3. The highest BCUT2D eigenvalue weighted by Gasteiger charge is 2.34. The molecule has 9 N–H and O–H groups in total. The molecule has 4 atom stereocenters. The van der Waals surface area contributed by atoms with Crippen LogP contribution in [0.3, 0.4) is 0 Å². The summed E-state index contributed by atoms with van der Waals surface area (Å²) >= 11 is 0. The normalized spacial score (nSPS) is 12.9. The number of nitrogens with one attached hydrogen (secondary N) is 4. The van der Waals surface area contributed by atoms with E-state index in [2.05, 4.69) is 21.3 Å². The van der Waals surface area contributed by atoms with Gasteiger partial charge in [-0.25, -0.2) is 9.59 Å². The first kappa shape index (κ1) is 44.7. The van der Waals surface area contributed by atoms with Gasteiger partial charge in [-0.15, -0.1) is 0 Å². The Morgan fingerprint density at radius 3 is 1.71 bits per heavy atom. The van der Waals surface area contributed by atoms with Gasteiger partial charge in [0.25, 0.3) is 0 Å². The van der Waals surface area contributed by atoms with Crippen LogP contribution in [-0.4, -0.2) is 98.1 Å². The number of rotatable bonds is 28. The molecule has 0 radical (unpaired) electrons. The number of hydrogen-bond acceptors (Lipinski definition) is 11. The molecule has 1 heterocycles. The van der Waals surface area contributed by atoms with E-state index in [1.165, 1.54) is 6.26 Å². The zero-order valence-electron chi connectivity index (χ0n) is 29.6. The highest BCUT2D eigenvalue weighted by Crippen LogP contribution is 2.24. The molecule has 0 aliphatic carbocycles. The largest absolute Gasteiger partial charge is 0.489 e. The average Bonchev–Trinajstić information content (AvgIpc) is 3.58. The second-order valence-corrected chi connectivity index (χ2v) is 12.3. The highest BCUT2D eigenvalue weighted by molar-refractivity contribution is 5.87. The van der Waals surface area contributed by atoms with Gasteiger partial charge < -0.3 is 56.0 Å². The van der Waals surface area contributed by atoms with Crippen LogP contribution in [0.25, 0.3) is 0 Å². The first-order valence-corrected chi connectivity index (χ1v) is 17.0. The van der Waals surface area contributed by atoms with Crippen LogP contribution >= 0.6 is 0 Å².